The van der Waals surface area contributed by atoms with Crippen LogP contribution in [0, 0.1) is 24.4 Å². The van der Waals surface area contributed by atoms with E-state index in [0.717, 1.165) is 23.4 Å². The highest BCUT2D eigenvalue weighted by Crippen LogP contribution is 2.41. The summed E-state index contributed by atoms with van der Waals surface area (Å²) in [5.74, 6) is -4.11. The van der Waals surface area contributed by atoms with Crippen LogP contribution in [0.3, 0.4) is 0 Å². The lowest BCUT2D eigenvalue weighted by molar-refractivity contribution is 0.0505. The summed E-state index contributed by atoms with van der Waals surface area (Å²) in [5.41, 5.74) is 4.32. The second-order valence-corrected chi connectivity index (χ2v) is 9.01. The maximum Gasteiger partial charge on any atom is 0.271 e. The molecule has 35 heavy (non-hydrogen) atoms. The van der Waals surface area contributed by atoms with Crippen LogP contribution in [0.5, 0.6) is 0 Å². The number of amides is 1. The van der Waals surface area contributed by atoms with Crippen molar-refractivity contribution >= 4 is 11.6 Å². The third kappa shape index (κ3) is 3.61. The van der Waals surface area contributed by atoms with Crippen LogP contribution in [-0.2, 0) is 13.5 Å². The molecule has 0 fully saturated rings. The molecular formula is C26H26F3N5O. The van der Waals surface area contributed by atoms with E-state index in [4.69, 9.17) is 0 Å². The minimum Gasteiger partial charge on any atom is -0.325 e. The zero-order valence-electron chi connectivity index (χ0n) is 20.0. The molecular weight excluding hydrogens is 455 g/mol. The molecule has 2 atom stereocenters. The zero-order chi connectivity index (χ0) is 25.0. The molecule has 0 radical (unpaired) electrons. The molecule has 0 N–H and O–H groups in total. The normalized spacial score (nSPS) is 17.7. The Morgan fingerprint density at radius 1 is 1.11 bits per heavy atom. The number of carbonyl (C=O) groups is 1. The van der Waals surface area contributed by atoms with Crippen LogP contribution in [0.25, 0.3) is 16.9 Å². The monoisotopic (exact) mass is 481 g/mol. The molecule has 4 heterocycles. The molecule has 1 aromatic carbocycles. The molecule has 1 aliphatic rings. The summed E-state index contributed by atoms with van der Waals surface area (Å²) in [6.07, 6.45) is 3.60. The molecule has 0 spiro atoms. The summed E-state index contributed by atoms with van der Waals surface area (Å²) in [7, 11) is 1.70. The lowest BCUT2D eigenvalue weighted by Crippen LogP contribution is -2.47. The summed E-state index contributed by atoms with van der Waals surface area (Å²) in [5, 5.41) is 4.69. The molecule has 0 bridgehead atoms. The Bertz CT molecular complexity index is 1430. The number of pyridine rings is 1. The number of aryl methyl sites for hydroxylation is 2. The highest BCUT2D eigenvalue weighted by Gasteiger charge is 2.40. The number of imidazole rings is 1. The van der Waals surface area contributed by atoms with Crippen molar-refractivity contribution in [3.63, 3.8) is 0 Å². The van der Waals surface area contributed by atoms with Crippen molar-refractivity contribution in [3.8, 4) is 11.3 Å². The van der Waals surface area contributed by atoms with E-state index in [-0.39, 0.29) is 23.6 Å². The van der Waals surface area contributed by atoms with Gasteiger partial charge in [0.1, 0.15) is 11.3 Å². The largest absolute Gasteiger partial charge is 0.325 e. The lowest BCUT2D eigenvalue weighted by atomic mass is 9.87. The van der Waals surface area contributed by atoms with Gasteiger partial charge in [-0.25, -0.2) is 18.2 Å². The maximum absolute atomic E-state index is 14.1. The summed E-state index contributed by atoms with van der Waals surface area (Å²) >= 11 is 0. The molecule has 0 saturated heterocycles. The summed E-state index contributed by atoms with van der Waals surface area (Å²) in [4.78, 5) is 20.3. The van der Waals surface area contributed by atoms with Crippen LogP contribution in [-0.4, -0.2) is 36.0 Å². The van der Waals surface area contributed by atoms with Crippen LogP contribution in [0.15, 0.2) is 36.5 Å². The van der Waals surface area contributed by atoms with E-state index >= 15 is 0 Å². The van der Waals surface area contributed by atoms with Crippen molar-refractivity contribution in [2.75, 3.05) is 0 Å². The van der Waals surface area contributed by atoms with Gasteiger partial charge in [-0.2, -0.15) is 5.10 Å². The van der Waals surface area contributed by atoms with Gasteiger partial charge < -0.3 is 4.90 Å². The van der Waals surface area contributed by atoms with Crippen LogP contribution in [0.1, 0.15) is 60.2 Å². The number of aromatic nitrogens is 4. The Kier molecular flexibility index (Phi) is 5.65. The maximum atomic E-state index is 14.1. The molecule has 1 amide bonds. The van der Waals surface area contributed by atoms with Gasteiger partial charge in [-0.3, -0.25) is 13.9 Å². The summed E-state index contributed by atoms with van der Waals surface area (Å²) in [6.45, 7) is 5.88. The fraction of sp³-hybridized carbons (Fsp3) is 0.346. The van der Waals surface area contributed by atoms with Crippen LogP contribution in [0.2, 0.25) is 0 Å². The first-order valence-corrected chi connectivity index (χ1v) is 11.7. The van der Waals surface area contributed by atoms with E-state index in [1.54, 1.807) is 22.2 Å². The van der Waals surface area contributed by atoms with E-state index < -0.39 is 17.5 Å². The predicted octanol–water partition coefficient (Wildman–Crippen LogP) is 5.39. The molecule has 1 aliphatic heterocycles. The molecule has 2 unspecified atom stereocenters. The minimum atomic E-state index is -1.50. The fourth-order valence-corrected chi connectivity index (χ4v) is 5.31. The molecule has 0 aliphatic carbocycles. The summed E-state index contributed by atoms with van der Waals surface area (Å²) < 4.78 is 45.1. The smallest absolute Gasteiger partial charge is 0.271 e. The first-order chi connectivity index (χ1) is 16.7. The minimum absolute atomic E-state index is 0.122. The second kappa shape index (κ2) is 8.55. The average molecular weight is 482 g/mol. The van der Waals surface area contributed by atoms with Gasteiger partial charge >= 0.3 is 0 Å². The quantitative estimate of drug-likeness (QED) is 0.368. The Morgan fingerprint density at radius 2 is 1.83 bits per heavy atom. The highest BCUT2D eigenvalue weighted by atomic mass is 19.2. The SMILES string of the molecule is CCC1Cc2c(nn(C)c2-c2cc(F)c(F)c(F)c2)C(CC)N1C(=O)c1cccc2nc(C)cn12. The molecule has 9 heteroatoms. The number of rotatable bonds is 4. The Morgan fingerprint density at radius 3 is 2.49 bits per heavy atom. The third-order valence-corrected chi connectivity index (χ3v) is 6.84. The molecule has 4 aromatic rings. The molecule has 182 valence electrons. The molecule has 6 nitrogen and oxygen atoms in total. The van der Waals surface area contributed by atoms with E-state index in [1.165, 1.54) is 0 Å². The van der Waals surface area contributed by atoms with Gasteiger partial charge in [0.05, 0.1) is 23.1 Å². The van der Waals surface area contributed by atoms with E-state index in [2.05, 4.69) is 10.1 Å². The average Bonchev–Trinajstić information content (AvgIpc) is 3.38. The van der Waals surface area contributed by atoms with Crippen LogP contribution >= 0.6 is 0 Å². The van der Waals surface area contributed by atoms with Crippen LogP contribution < -0.4 is 0 Å². The van der Waals surface area contributed by atoms with Crippen molar-refractivity contribution in [2.24, 2.45) is 7.05 Å². The van der Waals surface area contributed by atoms with Gasteiger partial charge in [0.25, 0.3) is 5.91 Å². The van der Waals surface area contributed by atoms with E-state index in [1.807, 2.05) is 44.0 Å². The van der Waals surface area contributed by atoms with Crippen molar-refractivity contribution < 1.29 is 18.0 Å². The van der Waals surface area contributed by atoms with Gasteiger partial charge in [-0.15, -0.1) is 0 Å². The predicted molar refractivity (Wildman–Crippen MR) is 125 cm³/mol. The van der Waals surface area contributed by atoms with Gasteiger partial charge in [0.2, 0.25) is 0 Å². The molecule has 5 rings (SSSR count). The fourth-order valence-electron chi connectivity index (χ4n) is 5.31. The second-order valence-electron chi connectivity index (χ2n) is 9.01. The molecule has 3 aromatic heterocycles. The number of fused-ring (bicyclic) bond motifs is 2. The van der Waals surface area contributed by atoms with Gasteiger partial charge in [-0.05, 0) is 50.5 Å². The Hall–Kier alpha value is -3.62. The lowest BCUT2D eigenvalue weighted by Gasteiger charge is -2.41. The first-order valence-electron chi connectivity index (χ1n) is 11.7. The highest BCUT2D eigenvalue weighted by molar-refractivity contribution is 5.94. The van der Waals surface area contributed by atoms with Gasteiger partial charge in [0.15, 0.2) is 17.5 Å². The number of hydrogen-bond acceptors (Lipinski definition) is 3. The van der Waals surface area contributed by atoms with Crippen molar-refractivity contribution in [3.05, 3.63) is 76.6 Å². The Labute approximate surface area is 201 Å². The Balaban J connectivity index is 1.63. The number of carbonyl (C=O) groups excluding carboxylic acids is 1. The third-order valence-electron chi connectivity index (χ3n) is 6.84. The first kappa shape index (κ1) is 23.1. The topological polar surface area (TPSA) is 55.4 Å². The van der Waals surface area contributed by atoms with E-state index in [0.29, 0.717) is 42.0 Å². The number of halogens is 3. The van der Waals surface area contributed by atoms with Gasteiger partial charge in [-0.1, -0.05) is 19.9 Å². The van der Waals surface area contributed by atoms with Crippen molar-refractivity contribution in [2.45, 2.75) is 52.1 Å². The van der Waals surface area contributed by atoms with E-state index in [9.17, 15) is 18.0 Å². The zero-order valence-corrected chi connectivity index (χ0v) is 20.0. The number of benzene rings is 1. The van der Waals surface area contributed by atoms with Crippen molar-refractivity contribution in [1.82, 2.24) is 24.1 Å². The van der Waals surface area contributed by atoms with Gasteiger partial charge in [0, 0.05) is 30.4 Å². The molecule has 0 saturated carbocycles. The number of hydrogen-bond donors (Lipinski definition) is 0. The van der Waals surface area contributed by atoms with Crippen LogP contribution in [0.4, 0.5) is 13.2 Å². The summed E-state index contributed by atoms with van der Waals surface area (Å²) in [6, 6.07) is 6.99. The number of nitrogens with zero attached hydrogens (tertiary/aromatic N) is 5. The standard InChI is InChI=1S/C26H26F3N5O/c1-5-16-12-17-24(31-32(4)25(17)15-10-18(27)23(29)19(28)11-15)20(6-2)34(16)26(35)21-8-7-9-22-30-14(3)13-33(21)22/h7-11,13,16,20H,5-6,12H2,1-4H3. The van der Waals surface area contributed by atoms with Crippen molar-refractivity contribution in [1.29, 1.82) is 0 Å².